The fraction of sp³-hybridized carbons (Fsp3) is 0.310. The summed E-state index contributed by atoms with van der Waals surface area (Å²) in [5, 5.41) is -0.984. The molecule has 0 radical (unpaired) electrons. The van der Waals surface area contributed by atoms with E-state index in [1.54, 1.807) is 4.90 Å². The minimum Gasteiger partial charge on any atom is -0.460 e. The lowest BCUT2D eigenvalue weighted by Crippen LogP contribution is -2.51. The molecule has 3 fully saturated rings. The predicted molar refractivity (Wildman–Crippen MR) is 132 cm³/mol. The van der Waals surface area contributed by atoms with Crippen LogP contribution < -0.4 is 0 Å². The number of hydrogen-bond acceptors (Lipinski definition) is 4. The minimum absolute atomic E-state index is 0.144. The third kappa shape index (κ3) is 3.61. The summed E-state index contributed by atoms with van der Waals surface area (Å²) in [6.45, 7) is 0.144. The summed E-state index contributed by atoms with van der Waals surface area (Å²) in [4.78, 5) is 28.6. The smallest absolute Gasteiger partial charge is 0.411 e. The number of carbonyl (C=O) groups excluding carboxylic acids is 2. The van der Waals surface area contributed by atoms with E-state index in [0.29, 0.717) is 6.42 Å². The maximum absolute atomic E-state index is 13.5. The van der Waals surface area contributed by atoms with Crippen LogP contribution in [-0.4, -0.2) is 27.9 Å². The first-order valence-electron chi connectivity index (χ1n) is 12.0. The molecule has 6 rings (SSSR count). The normalized spacial score (nSPS) is 26.8. The van der Waals surface area contributed by atoms with E-state index in [1.165, 1.54) is 0 Å². The number of alkyl halides is 1. The van der Waals surface area contributed by atoms with Crippen molar-refractivity contribution < 1.29 is 19.1 Å². The van der Waals surface area contributed by atoms with Gasteiger partial charge >= 0.3 is 12.1 Å². The summed E-state index contributed by atoms with van der Waals surface area (Å²) >= 11 is 6.94. The van der Waals surface area contributed by atoms with Gasteiger partial charge in [0.05, 0.1) is 5.54 Å². The Labute approximate surface area is 209 Å². The summed E-state index contributed by atoms with van der Waals surface area (Å²) < 4.78 is 11.6. The Morgan fingerprint density at radius 2 is 1.51 bits per heavy atom. The Kier molecular flexibility index (Phi) is 5.33. The number of hydrogen-bond donors (Lipinski definition) is 0. The Hall–Kier alpha value is -3.31. The summed E-state index contributed by atoms with van der Waals surface area (Å²) in [7, 11) is 0. The number of ether oxygens (including phenoxy) is 2. The molecule has 5 nitrogen and oxygen atoms in total. The van der Waals surface area contributed by atoms with Crippen LogP contribution in [0, 0.1) is 5.41 Å². The molecule has 2 saturated carbocycles. The van der Waals surface area contributed by atoms with Crippen LogP contribution in [0.2, 0.25) is 0 Å². The monoisotopic (exact) mass is 487 g/mol. The van der Waals surface area contributed by atoms with Gasteiger partial charge in [-0.2, -0.15) is 0 Å². The van der Waals surface area contributed by atoms with Crippen LogP contribution in [-0.2, 0) is 20.9 Å². The average Bonchev–Trinajstić information content (AvgIpc) is 3.80. The van der Waals surface area contributed by atoms with E-state index < -0.39 is 35.1 Å². The van der Waals surface area contributed by atoms with E-state index in [4.69, 9.17) is 21.1 Å². The van der Waals surface area contributed by atoms with Crippen LogP contribution >= 0.6 is 11.6 Å². The van der Waals surface area contributed by atoms with Crippen molar-refractivity contribution in [1.82, 2.24) is 4.90 Å². The van der Waals surface area contributed by atoms with Gasteiger partial charge in [-0.3, -0.25) is 9.69 Å². The first-order chi connectivity index (χ1) is 17.1. The molecular formula is C29H26ClNO4. The average molecular weight is 488 g/mol. The maximum atomic E-state index is 13.5. The molecule has 1 heterocycles. The molecule has 1 saturated heterocycles. The first-order valence-corrected chi connectivity index (χ1v) is 12.4. The number of cyclic esters (lactones) is 1. The SMILES string of the molecule is O=C(OCc1ccccc1)[C@@H](Cl)[C@@]1(N2C(=O)O[C@@H](c3ccccc3)[C@H]2c2ccccc2)CC12CC2. The molecule has 1 amide bonds. The molecule has 6 heteroatoms. The highest BCUT2D eigenvalue weighted by Gasteiger charge is 2.83. The summed E-state index contributed by atoms with van der Waals surface area (Å²) in [5.41, 5.74) is 1.78. The van der Waals surface area contributed by atoms with Gasteiger partial charge in [-0.1, -0.05) is 91.0 Å². The van der Waals surface area contributed by atoms with Crippen LogP contribution in [0.5, 0.6) is 0 Å². The Morgan fingerprint density at radius 1 is 0.943 bits per heavy atom. The highest BCUT2D eigenvalue weighted by molar-refractivity contribution is 6.31. The van der Waals surface area contributed by atoms with Gasteiger partial charge in [-0.15, -0.1) is 11.6 Å². The van der Waals surface area contributed by atoms with Gasteiger partial charge in [0.25, 0.3) is 0 Å². The number of carbonyl (C=O) groups is 2. The lowest BCUT2D eigenvalue weighted by molar-refractivity contribution is -0.146. The van der Waals surface area contributed by atoms with Gasteiger partial charge in [-0.05, 0) is 41.4 Å². The third-order valence-corrected chi connectivity index (χ3v) is 8.33. The largest absolute Gasteiger partial charge is 0.460 e. The molecule has 4 atom stereocenters. The van der Waals surface area contributed by atoms with Crippen molar-refractivity contribution in [3.63, 3.8) is 0 Å². The van der Waals surface area contributed by atoms with Crippen molar-refractivity contribution in [2.45, 2.75) is 48.9 Å². The zero-order valence-corrected chi connectivity index (χ0v) is 19.9. The van der Waals surface area contributed by atoms with E-state index >= 15 is 0 Å². The number of halogens is 1. The van der Waals surface area contributed by atoms with E-state index in [1.807, 2.05) is 91.0 Å². The second kappa shape index (κ2) is 8.42. The molecule has 3 aromatic carbocycles. The van der Waals surface area contributed by atoms with Gasteiger partial charge in [0, 0.05) is 0 Å². The number of amides is 1. The van der Waals surface area contributed by atoms with Crippen molar-refractivity contribution in [1.29, 1.82) is 0 Å². The van der Waals surface area contributed by atoms with Gasteiger partial charge in [-0.25, -0.2) is 4.79 Å². The van der Waals surface area contributed by atoms with Crippen LogP contribution in [0.25, 0.3) is 0 Å². The van der Waals surface area contributed by atoms with E-state index in [-0.39, 0.29) is 12.0 Å². The molecule has 35 heavy (non-hydrogen) atoms. The highest BCUT2D eigenvalue weighted by atomic mass is 35.5. The van der Waals surface area contributed by atoms with Gasteiger partial charge in [0.2, 0.25) is 0 Å². The maximum Gasteiger partial charge on any atom is 0.411 e. The van der Waals surface area contributed by atoms with Gasteiger partial charge in [0.15, 0.2) is 11.5 Å². The van der Waals surface area contributed by atoms with E-state index in [2.05, 4.69) is 0 Å². The summed E-state index contributed by atoms with van der Waals surface area (Å²) in [5.74, 6) is -0.498. The third-order valence-electron chi connectivity index (χ3n) is 7.79. The van der Waals surface area contributed by atoms with Gasteiger partial charge in [0.1, 0.15) is 12.6 Å². The summed E-state index contributed by atoms with van der Waals surface area (Å²) in [6.07, 6.45) is 1.61. The zero-order valence-electron chi connectivity index (χ0n) is 19.2. The standard InChI is InChI=1S/C29H26ClNO4/c30-25(26(32)34-18-20-10-4-1-5-11-20)29(19-28(29)16-17-28)31-23(21-12-6-2-7-13-21)24(35-27(31)33)22-14-8-3-9-15-22/h1-15,23-25H,16-19H2/t23-,24+,25-,29+/m1/s1. The number of benzene rings is 3. The minimum atomic E-state index is -0.984. The molecule has 1 aliphatic heterocycles. The predicted octanol–water partition coefficient (Wildman–Crippen LogP) is 6.19. The molecule has 3 aromatic rings. The van der Waals surface area contributed by atoms with Crippen LogP contribution in [0.1, 0.15) is 48.1 Å². The fourth-order valence-corrected chi connectivity index (χ4v) is 6.28. The summed E-state index contributed by atoms with van der Waals surface area (Å²) in [6, 6.07) is 28.7. The Balaban J connectivity index is 1.35. The molecule has 0 unspecified atom stereocenters. The lowest BCUT2D eigenvalue weighted by atomic mass is 9.92. The lowest BCUT2D eigenvalue weighted by Gasteiger charge is -2.36. The first kappa shape index (κ1) is 22.2. The molecule has 0 N–H and O–H groups in total. The van der Waals surface area contributed by atoms with Crippen LogP contribution in [0.3, 0.4) is 0 Å². The van der Waals surface area contributed by atoms with Gasteiger partial charge < -0.3 is 9.47 Å². The van der Waals surface area contributed by atoms with E-state index in [9.17, 15) is 9.59 Å². The molecule has 0 aromatic heterocycles. The van der Waals surface area contributed by atoms with Crippen molar-refractivity contribution in [2.24, 2.45) is 5.41 Å². The van der Waals surface area contributed by atoms with Crippen LogP contribution in [0.4, 0.5) is 4.79 Å². The molecule has 0 bridgehead atoms. The molecule has 178 valence electrons. The number of nitrogens with zero attached hydrogens (tertiary/aromatic N) is 1. The molecular weight excluding hydrogens is 462 g/mol. The zero-order chi connectivity index (χ0) is 24.0. The van der Waals surface area contributed by atoms with Crippen molar-refractivity contribution in [3.8, 4) is 0 Å². The molecule has 3 aliphatic rings. The van der Waals surface area contributed by atoms with Crippen molar-refractivity contribution in [3.05, 3.63) is 108 Å². The fourth-order valence-electron chi connectivity index (χ4n) is 5.81. The second-order valence-corrected chi connectivity index (χ2v) is 10.2. The topological polar surface area (TPSA) is 55.8 Å². The molecule has 2 aliphatic carbocycles. The quantitative estimate of drug-likeness (QED) is 0.294. The Bertz CT molecular complexity index is 1230. The number of rotatable bonds is 7. The Morgan fingerprint density at radius 3 is 2.09 bits per heavy atom. The van der Waals surface area contributed by atoms with Crippen molar-refractivity contribution >= 4 is 23.7 Å². The van der Waals surface area contributed by atoms with Crippen LogP contribution in [0.15, 0.2) is 91.0 Å². The van der Waals surface area contributed by atoms with Crippen molar-refractivity contribution in [2.75, 3.05) is 0 Å². The second-order valence-electron chi connectivity index (χ2n) is 9.78. The molecule has 1 spiro atoms. The van der Waals surface area contributed by atoms with E-state index in [0.717, 1.165) is 29.5 Å². The number of esters is 1. The highest BCUT2D eigenvalue weighted by Crippen LogP contribution is 2.79.